The molecular formula is C17H16ClN3O2S. The number of amides is 1. The van der Waals surface area contributed by atoms with Gasteiger partial charge in [0.1, 0.15) is 10.9 Å². The van der Waals surface area contributed by atoms with Crippen LogP contribution in [0.1, 0.15) is 23.4 Å². The predicted octanol–water partition coefficient (Wildman–Crippen LogP) is 3.93. The van der Waals surface area contributed by atoms with Gasteiger partial charge in [0.15, 0.2) is 0 Å². The Morgan fingerprint density at radius 1 is 1.38 bits per heavy atom. The molecule has 24 heavy (non-hydrogen) atoms. The minimum Gasteiger partial charge on any atom is -0.324 e. The number of nitrogens with one attached hydrogen (secondary N) is 1. The molecule has 2 aromatic heterocycles. The molecule has 2 heterocycles. The van der Waals surface area contributed by atoms with Gasteiger partial charge in [-0.3, -0.25) is 14.2 Å². The summed E-state index contributed by atoms with van der Waals surface area (Å²) >= 11 is 7.53. The fourth-order valence-electron chi connectivity index (χ4n) is 2.44. The Labute approximate surface area is 147 Å². The van der Waals surface area contributed by atoms with Gasteiger partial charge in [0.25, 0.3) is 5.56 Å². The lowest BCUT2D eigenvalue weighted by Crippen LogP contribution is -2.31. The van der Waals surface area contributed by atoms with Gasteiger partial charge in [-0.2, -0.15) is 0 Å². The highest BCUT2D eigenvalue weighted by atomic mass is 35.5. The number of carbonyl (C=O) groups excluding carboxylic acids is 1. The first kappa shape index (κ1) is 16.7. The summed E-state index contributed by atoms with van der Waals surface area (Å²) in [5.74, 6) is -0.296. The van der Waals surface area contributed by atoms with Crippen LogP contribution in [0.5, 0.6) is 0 Å². The van der Waals surface area contributed by atoms with E-state index in [1.807, 2.05) is 13.8 Å². The molecule has 0 fully saturated rings. The first-order chi connectivity index (χ1) is 11.4. The summed E-state index contributed by atoms with van der Waals surface area (Å²) in [5, 5.41) is 3.94. The lowest BCUT2D eigenvalue weighted by atomic mass is 10.2. The molecule has 1 aromatic carbocycles. The van der Waals surface area contributed by atoms with Crippen LogP contribution in [0.4, 0.5) is 5.69 Å². The molecule has 0 radical (unpaired) electrons. The molecule has 0 saturated heterocycles. The summed E-state index contributed by atoms with van der Waals surface area (Å²) in [6, 6.07) is 6.42. The molecule has 0 spiro atoms. The summed E-state index contributed by atoms with van der Waals surface area (Å²) in [7, 11) is 0. The smallest absolute Gasteiger partial charge is 0.262 e. The largest absolute Gasteiger partial charge is 0.324 e. The van der Waals surface area contributed by atoms with Crippen LogP contribution in [0, 0.1) is 13.8 Å². The Hall–Kier alpha value is -2.18. The van der Waals surface area contributed by atoms with Gasteiger partial charge in [-0.05, 0) is 44.5 Å². The van der Waals surface area contributed by atoms with Crippen molar-refractivity contribution in [1.82, 2.24) is 9.55 Å². The fourth-order valence-corrected chi connectivity index (χ4v) is 3.45. The first-order valence-electron chi connectivity index (χ1n) is 7.41. The number of thiophene rings is 1. The molecule has 0 saturated carbocycles. The van der Waals surface area contributed by atoms with Crippen LogP contribution in [0.2, 0.25) is 5.02 Å². The third kappa shape index (κ3) is 2.95. The maximum atomic E-state index is 12.6. The highest BCUT2D eigenvalue weighted by Gasteiger charge is 2.19. The SMILES string of the molecule is Cc1cc2c(=O)n([C@@H](C)C(=O)Nc3cccc(Cl)c3C)cnc2s1. The zero-order valence-electron chi connectivity index (χ0n) is 13.5. The van der Waals surface area contributed by atoms with Crippen molar-refractivity contribution < 1.29 is 4.79 Å². The summed E-state index contributed by atoms with van der Waals surface area (Å²) in [6.45, 7) is 5.42. The molecule has 0 aliphatic carbocycles. The molecule has 0 unspecified atom stereocenters. The van der Waals surface area contributed by atoms with Crippen molar-refractivity contribution in [1.29, 1.82) is 0 Å². The van der Waals surface area contributed by atoms with Gasteiger partial charge in [-0.15, -0.1) is 11.3 Å². The van der Waals surface area contributed by atoms with Crippen molar-refractivity contribution in [3.05, 3.63) is 56.4 Å². The second-order valence-corrected chi connectivity index (χ2v) is 7.25. The van der Waals surface area contributed by atoms with Crippen LogP contribution in [-0.4, -0.2) is 15.5 Å². The van der Waals surface area contributed by atoms with Gasteiger partial charge in [-0.25, -0.2) is 4.98 Å². The third-order valence-electron chi connectivity index (χ3n) is 3.92. The van der Waals surface area contributed by atoms with E-state index < -0.39 is 6.04 Å². The lowest BCUT2D eigenvalue weighted by molar-refractivity contribution is -0.118. The van der Waals surface area contributed by atoms with Gasteiger partial charge in [0.2, 0.25) is 5.91 Å². The number of aryl methyl sites for hydroxylation is 1. The predicted molar refractivity (Wildman–Crippen MR) is 98.1 cm³/mol. The average molecular weight is 362 g/mol. The standard InChI is InChI=1S/C17H16ClN3O2S/c1-9-7-12-16(24-9)19-8-21(17(12)23)11(3)15(22)20-14-6-4-5-13(18)10(14)2/h4-8,11H,1-3H3,(H,20,22)/t11-/m0/s1. The topological polar surface area (TPSA) is 64.0 Å². The average Bonchev–Trinajstić information content (AvgIpc) is 2.93. The van der Waals surface area contributed by atoms with E-state index >= 15 is 0 Å². The van der Waals surface area contributed by atoms with Gasteiger partial charge < -0.3 is 5.32 Å². The van der Waals surface area contributed by atoms with E-state index in [-0.39, 0.29) is 11.5 Å². The maximum Gasteiger partial charge on any atom is 0.262 e. The normalized spacial score (nSPS) is 12.3. The molecule has 0 aliphatic rings. The Kier molecular flexibility index (Phi) is 4.43. The number of nitrogens with zero attached hydrogens (tertiary/aromatic N) is 2. The van der Waals surface area contributed by atoms with E-state index in [0.717, 1.165) is 10.4 Å². The second kappa shape index (κ2) is 6.37. The number of halogens is 1. The van der Waals surface area contributed by atoms with Crippen molar-refractivity contribution in [2.45, 2.75) is 26.8 Å². The fraction of sp³-hybridized carbons (Fsp3) is 0.235. The molecule has 3 rings (SSSR count). The van der Waals surface area contributed by atoms with Crippen LogP contribution in [0.25, 0.3) is 10.2 Å². The lowest BCUT2D eigenvalue weighted by Gasteiger charge is -2.16. The second-order valence-electron chi connectivity index (χ2n) is 5.61. The quantitative estimate of drug-likeness (QED) is 0.768. The van der Waals surface area contributed by atoms with E-state index in [0.29, 0.717) is 20.9 Å². The van der Waals surface area contributed by atoms with E-state index in [9.17, 15) is 9.59 Å². The minimum atomic E-state index is -0.687. The number of hydrogen-bond donors (Lipinski definition) is 1. The van der Waals surface area contributed by atoms with Gasteiger partial charge >= 0.3 is 0 Å². The number of benzene rings is 1. The minimum absolute atomic E-state index is 0.213. The van der Waals surface area contributed by atoms with Crippen molar-refractivity contribution in [2.24, 2.45) is 0 Å². The zero-order valence-corrected chi connectivity index (χ0v) is 15.0. The van der Waals surface area contributed by atoms with E-state index in [1.54, 1.807) is 31.2 Å². The maximum absolute atomic E-state index is 12.6. The van der Waals surface area contributed by atoms with Gasteiger partial charge in [0.05, 0.1) is 11.7 Å². The Balaban J connectivity index is 1.92. The van der Waals surface area contributed by atoms with E-state index in [1.165, 1.54) is 22.2 Å². The number of aromatic nitrogens is 2. The monoisotopic (exact) mass is 361 g/mol. The number of rotatable bonds is 3. The van der Waals surface area contributed by atoms with E-state index in [4.69, 9.17) is 11.6 Å². The Bertz CT molecular complexity index is 993. The molecule has 5 nitrogen and oxygen atoms in total. The van der Waals surface area contributed by atoms with Crippen LogP contribution in [0.15, 0.2) is 35.4 Å². The van der Waals surface area contributed by atoms with Gasteiger partial charge in [-0.1, -0.05) is 17.7 Å². The molecule has 0 bridgehead atoms. The molecule has 7 heteroatoms. The summed E-state index contributed by atoms with van der Waals surface area (Å²) < 4.78 is 1.35. The number of anilines is 1. The third-order valence-corrected chi connectivity index (χ3v) is 5.29. The van der Waals surface area contributed by atoms with Crippen molar-refractivity contribution >= 4 is 44.7 Å². The highest BCUT2D eigenvalue weighted by Crippen LogP contribution is 2.24. The van der Waals surface area contributed by atoms with Crippen LogP contribution < -0.4 is 10.9 Å². The van der Waals surface area contributed by atoms with Gasteiger partial charge in [0, 0.05) is 15.6 Å². The molecule has 3 aromatic rings. The number of fused-ring (bicyclic) bond motifs is 1. The van der Waals surface area contributed by atoms with Crippen LogP contribution >= 0.6 is 22.9 Å². The molecule has 1 atom stereocenters. The zero-order chi connectivity index (χ0) is 17.4. The molecular weight excluding hydrogens is 346 g/mol. The molecule has 1 N–H and O–H groups in total. The van der Waals surface area contributed by atoms with Crippen molar-refractivity contribution in [2.75, 3.05) is 5.32 Å². The van der Waals surface area contributed by atoms with Crippen molar-refractivity contribution in [3.63, 3.8) is 0 Å². The van der Waals surface area contributed by atoms with Crippen LogP contribution in [0.3, 0.4) is 0 Å². The molecule has 0 aliphatic heterocycles. The first-order valence-corrected chi connectivity index (χ1v) is 8.61. The highest BCUT2D eigenvalue weighted by molar-refractivity contribution is 7.18. The summed E-state index contributed by atoms with van der Waals surface area (Å²) in [4.78, 5) is 31.1. The van der Waals surface area contributed by atoms with Crippen molar-refractivity contribution in [3.8, 4) is 0 Å². The molecule has 1 amide bonds. The Morgan fingerprint density at radius 3 is 2.88 bits per heavy atom. The number of hydrogen-bond acceptors (Lipinski definition) is 4. The number of carbonyl (C=O) groups is 1. The van der Waals surface area contributed by atoms with Crippen LogP contribution in [-0.2, 0) is 4.79 Å². The summed E-state index contributed by atoms with van der Waals surface area (Å²) in [5.41, 5.74) is 1.21. The van der Waals surface area contributed by atoms with E-state index in [2.05, 4.69) is 10.3 Å². The summed E-state index contributed by atoms with van der Waals surface area (Å²) in [6.07, 6.45) is 1.43. The Morgan fingerprint density at radius 2 is 2.12 bits per heavy atom. The molecule has 124 valence electrons.